The molecular weight excluding hydrogens is 380 g/mol. The van der Waals surface area contributed by atoms with E-state index in [1.165, 1.54) is 24.2 Å². The van der Waals surface area contributed by atoms with Crippen LogP contribution in [-0.2, 0) is 4.79 Å². The monoisotopic (exact) mass is 410 g/mol. The first-order valence-electron chi connectivity index (χ1n) is 11.0. The number of urea groups is 1. The topological polar surface area (TPSA) is 81.8 Å². The summed E-state index contributed by atoms with van der Waals surface area (Å²) in [4.78, 5) is 40.9. The fourth-order valence-corrected chi connectivity index (χ4v) is 4.66. The molecule has 0 radical (unpaired) electrons. The minimum absolute atomic E-state index is 0.0170. The Bertz CT molecular complexity index is 804. The van der Waals surface area contributed by atoms with Gasteiger partial charge in [0.15, 0.2) is 0 Å². The Morgan fingerprint density at radius 2 is 1.57 bits per heavy atom. The Balaban J connectivity index is 1.22. The van der Waals surface area contributed by atoms with Gasteiger partial charge < -0.3 is 15.5 Å². The Labute approximate surface area is 177 Å². The maximum absolute atomic E-state index is 12.6. The van der Waals surface area contributed by atoms with Crippen LogP contribution in [0, 0.1) is 0 Å². The lowest BCUT2D eigenvalue weighted by Gasteiger charge is -2.34. The van der Waals surface area contributed by atoms with E-state index in [4.69, 9.17) is 0 Å². The quantitative estimate of drug-likeness (QED) is 0.801. The molecule has 0 bridgehead atoms. The highest BCUT2D eigenvalue weighted by atomic mass is 16.2. The second-order valence-electron chi connectivity index (χ2n) is 8.50. The minimum Gasteiger partial charge on any atom is -0.352 e. The summed E-state index contributed by atoms with van der Waals surface area (Å²) >= 11 is 0. The molecule has 30 heavy (non-hydrogen) atoms. The summed E-state index contributed by atoms with van der Waals surface area (Å²) in [7, 11) is 0. The van der Waals surface area contributed by atoms with Gasteiger partial charge in [0.1, 0.15) is 6.54 Å². The van der Waals surface area contributed by atoms with Crippen LogP contribution in [0.15, 0.2) is 30.8 Å². The number of nitrogens with zero attached hydrogens (tertiary/aromatic N) is 2. The molecule has 4 amide bonds. The number of carbonyl (C=O) groups is 3. The highest BCUT2D eigenvalue weighted by molar-refractivity contribution is 6.10. The number of fused-ring (bicyclic) bond motifs is 1. The van der Waals surface area contributed by atoms with Gasteiger partial charge >= 0.3 is 6.03 Å². The molecule has 1 saturated heterocycles. The maximum Gasteiger partial charge on any atom is 0.317 e. The summed E-state index contributed by atoms with van der Waals surface area (Å²) in [6, 6.07) is 7.62. The van der Waals surface area contributed by atoms with Crippen LogP contribution in [-0.4, -0.2) is 59.4 Å². The van der Waals surface area contributed by atoms with E-state index in [0.29, 0.717) is 30.4 Å². The summed E-state index contributed by atoms with van der Waals surface area (Å²) in [5.41, 5.74) is 1.94. The van der Waals surface area contributed by atoms with Crippen molar-refractivity contribution in [3.05, 3.63) is 42.0 Å². The Kier molecular flexibility index (Phi) is 6.06. The van der Waals surface area contributed by atoms with E-state index in [2.05, 4.69) is 17.2 Å². The summed E-state index contributed by atoms with van der Waals surface area (Å²) in [5, 5.41) is 6.18. The normalized spacial score (nSPS) is 20.3. The van der Waals surface area contributed by atoms with Gasteiger partial charge in [-0.1, -0.05) is 44.0 Å². The second-order valence-corrected chi connectivity index (χ2v) is 8.50. The standard InChI is InChI=1S/C23H30N4O3/c1-16-19-9-5-6-10-20(19)22(29)27(16)15-21(28)24-18-11-13-26(14-12-18)23(30)25-17-7-3-2-4-8-17/h5-6,9-10,17-18H,1-4,7-8,11-15H2,(H,24,28)(H,25,30). The molecule has 2 aliphatic heterocycles. The number of rotatable bonds is 4. The van der Waals surface area contributed by atoms with Gasteiger partial charge in [-0.05, 0) is 31.7 Å². The summed E-state index contributed by atoms with van der Waals surface area (Å²) < 4.78 is 0. The molecule has 2 N–H and O–H groups in total. The smallest absolute Gasteiger partial charge is 0.317 e. The molecule has 4 rings (SSSR count). The molecule has 1 aromatic carbocycles. The molecule has 0 atom stereocenters. The fraction of sp³-hybridized carbons (Fsp3) is 0.522. The molecule has 0 spiro atoms. The van der Waals surface area contributed by atoms with E-state index in [-0.39, 0.29) is 30.4 Å². The van der Waals surface area contributed by atoms with Crippen molar-refractivity contribution in [2.24, 2.45) is 0 Å². The molecular formula is C23H30N4O3. The van der Waals surface area contributed by atoms with E-state index >= 15 is 0 Å². The third-order valence-electron chi connectivity index (χ3n) is 6.42. The van der Waals surface area contributed by atoms with Crippen molar-refractivity contribution in [2.75, 3.05) is 19.6 Å². The van der Waals surface area contributed by atoms with E-state index in [1.807, 2.05) is 23.1 Å². The predicted octanol–water partition coefficient (Wildman–Crippen LogP) is 2.74. The Morgan fingerprint density at radius 1 is 0.933 bits per heavy atom. The number of carbonyl (C=O) groups excluding carboxylic acids is 3. The van der Waals surface area contributed by atoms with Crippen LogP contribution >= 0.6 is 0 Å². The third kappa shape index (κ3) is 4.35. The van der Waals surface area contributed by atoms with Gasteiger partial charge in [-0.2, -0.15) is 0 Å². The van der Waals surface area contributed by atoms with E-state index in [9.17, 15) is 14.4 Å². The summed E-state index contributed by atoms with van der Waals surface area (Å²) in [6.45, 7) is 5.20. The minimum atomic E-state index is -0.192. The van der Waals surface area contributed by atoms with Crippen molar-refractivity contribution in [2.45, 2.75) is 57.0 Å². The Morgan fingerprint density at radius 3 is 2.23 bits per heavy atom. The molecule has 3 aliphatic rings. The zero-order valence-electron chi connectivity index (χ0n) is 17.4. The zero-order chi connectivity index (χ0) is 21.1. The SMILES string of the molecule is C=C1c2ccccc2C(=O)N1CC(=O)NC1CCN(C(=O)NC2CCCCC2)CC1. The van der Waals surface area contributed by atoms with E-state index < -0.39 is 0 Å². The van der Waals surface area contributed by atoms with E-state index in [0.717, 1.165) is 31.2 Å². The maximum atomic E-state index is 12.6. The second kappa shape index (κ2) is 8.90. The van der Waals surface area contributed by atoms with Crippen LogP contribution in [0.25, 0.3) is 5.70 Å². The van der Waals surface area contributed by atoms with E-state index in [1.54, 1.807) is 6.07 Å². The van der Waals surface area contributed by atoms with Crippen molar-refractivity contribution in [3.8, 4) is 0 Å². The first-order chi connectivity index (χ1) is 14.5. The van der Waals surface area contributed by atoms with Crippen LogP contribution in [0.3, 0.4) is 0 Å². The molecule has 0 aromatic heterocycles. The number of likely N-dealkylation sites (tertiary alicyclic amines) is 1. The average molecular weight is 411 g/mol. The highest BCUT2D eigenvalue weighted by Gasteiger charge is 2.33. The molecule has 7 nitrogen and oxygen atoms in total. The van der Waals surface area contributed by atoms with Crippen molar-refractivity contribution < 1.29 is 14.4 Å². The summed E-state index contributed by atoms with van der Waals surface area (Å²) in [6.07, 6.45) is 7.23. The lowest BCUT2D eigenvalue weighted by atomic mass is 9.95. The first-order valence-corrected chi connectivity index (χ1v) is 11.0. The molecule has 1 saturated carbocycles. The van der Waals surface area contributed by atoms with Gasteiger partial charge in [-0.15, -0.1) is 0 Å². The molecule has 160 valence electrons. The fourth-order valence-electron chi connectivity index (χ4n) is 4.66. The highest BCUT2D eigenvalue weighted by Crippen LogP contribution is 2.30. The van der Waals surface area contributed by atoms with Crippen LogP contribution in [0.4, 0.5) is 4.79 Å². The Hall–Kier alpha value is -2.83. The number of piperidine rings is 1. The van der Waals surface area contributed by atoms with Crippen LogP contribution in [0.1, 0.15) is 60.9 Å². The number of nitrogens with one attached hydrogen (secondary N) is 2. The van der Waals surface area contributed by atoms with Gasteiger partial charge in [0.25, 0.3) is 5.91 Å². The van der Waals surface area contributed by atoms with Gasteiger partial charge in [0.05, 0.1) is 0 Å². The van der Waals surface area contributed by atoms with Gasteiger partial charge in [0, 0.05) is 42.0 Å². The molecule has 2 heterocycles. The lowest BCUT2D eigenvalue weighted by Crippen LogP contribution is -2.52. The zero-order valence-corrected chi connectivity index (χ0v) is 17.4. The average Bonchev–Trinajstić information content (AvgIpc) is 3.00. The van der Waals surface area contributed by atoms with Gasteiger partial charge in [0.2, 0.25) is 5.91 Å². The molecule has 0 unspecified atom stereocenters. The van der Waals surface area contributed by atoms with Crippen LogP contribution in [0.5, 0.6) is 0 Å². The molecule has 7 heteroatoms. The van der Waals surface area contributed by atoms with Crippen LogP contribution in [0.2, 0.25) is 0 Å². The van der Waals surface area contributed by atoms with Crippen LogP contribution < -0.4 is 10.6 Å². The van der Waals surface area contributed by atoms with Crippen molar-refractivity contribution in [3.63, 3.8) is 0 Å². The van der Waals surface area contributed by atoms with Crippen molar-refractivity contribution in [1.29, 1.82) is 0 Å². The largest absolute Gasteiger partial charge is 0.352 e. The lowest BCUT2D eigenvalue weighted by molar-refractivity contribution is -0.122. The molecule has 1 aromatic rings. The predicted molar refractivity (Wildman–Crippen MR) is 115 cm³/mol. The van der Waals surface area contributed by atoms with Crippen molar-refractivity contribution >= 4 is 23.5 Å². The number of hydrogen-bond donors (Lipinski definition) is 2. The van der Waals surface area contributed by atoms with Gasteiger partial charge in [-0.3, -0.25) is 14.5 Å². The first kappa shape index (κ1) is 20.4. The number of amides is 4. The van der Waals surface area contributed by atoms with Crippen molar-refractivity contribution in [1.82, 2.24) is 20.4 Å². The van der Waals surface area contributed by atoms with Gasteiger partial charge in [-0.25, -0.2) is 4.79 Å². The molecule has 1 aliphatic carbocycles. The molecule has 2 fully saturated rings. The third-order valence-corrected chi connectivity index (χ3v) is 6.42. The summed E-state index contributed by atoms with van der Waals surface area (Å²) in [5.74, 6) is -0.373. The number of benzene rings is 1. The number of hydrogen-bond acceptors (Lipinski definition) is 3.